The molecule has 4 nitrogen and oxygen atoms in total. The van der Waals surface area contributed by atoms with Crippen molar-refractivity contribution in [3.05, 3.63) is 100 Å². The molecule has 2 atom stereocenters. The second-order valence-electron chi connectivity index (χ2n) is 12.9. The number of amides is 1. The van der Waals surface area contributed by atoms with Gasteiger partial charge in [-0.2, -0.15) is 0 Å². The molecule has 1 aliphatic rings. The summed E-state index contributed by atoms with van der Waals surface area (Å²) in [6.45, 7) is 18.1. The maximum absolute atomic E-state index is 12.8. The minimum Gasteiger partial charge on any atom is -0.445 e. The van der Waals surface area contributed by atoms with Crippen LogP contribution in [0.4, 0.5) is 10.5 Å². The zero-order valence-electron chi connectivity index (χ0n) is 24.3. The average molecular weight is 513 g/mol. The fourth-order valence-electron chi connectivity index (χ4n) is 5.41. The average Bonchev–Trinajstić information content (AvgIpc) is 3.29. The molecule has 0 radical (unpaired) electrons. The van der Waals surface area contributed by atoms with Crippen LogP contribution in [0.1, 0.15) is 87.3 Å². The number of rotatable bonds is 5. The molecule has 202 valence electrons. The highest BCUT2D eigenvalue weighted by Crippen LogP contribution is 2.35. The molecule has 38 heavy (non-hydrogen) atoms. The molecular formula is C34H44N2O2. The van der Waals surface area contributed by atoms with E-state index < -0.39 is 6.09 Å². The first-order valence-electron chi connectivity index (χ1n) is 13.8. The van der Waals surface area contributed by atoms with E-state index in [1.807, 2.05) is 32.0 Å². The van der Waals surface area contributed by atoms with E-state index in [1.165, 1.54) is 22.3 Å². The smallest absolute Gasteiger partial charge is 0.411 e. The largest absolute Gasteiger partial charge is 0.445 e. The van der Waals surface area contributed by atoms with Crippen LogP contribution >= 0.6 is 0 Å². The summed E-state index contributed by atoms with van der Waals surface area (Å²) in [4.78, 5) is 12.8. The van der Waals surface area contributed by atoms with Crippen molar-refractivity contribution < 1.29 is 9.53 Å². The van der Waals surface area contributed by atoms with Crippen LogP contribution in [0, 0.1) is 13.8 Å². The minimum atomic E-state index is -0.393. The van der Waals surface area contributed by atoms with Gasteiger partial charge in [0, 0.05) is 30.6 Å². The standard InChI is InChI=1S/C34H44N2O2/c1-22-10-9-11-23(2)31(22)36-32(37)38-28-20-29(35-21-28)30(24-12-16-26(17-13-24)33(3,4)5)25-14-18-27(19-15-25)34(6,7)8/h9-19,28-30,35H,20-21H2,1-8H3,(H,36,37)/t28-,29?/m1/s1. The lowest BCUT2D eigenvalue weighted by Crippen LogP contribution is -2.30. The first-order valence-corrected chi connectivity index (χ1v) is 13.8. The lowest BCUT2D eigenvalue weighted by molar-refractivity contribution is 0.119. The van der Waals surface area contributed by atoms with Gasteiger partial charge >= 0.3 is 6.09 Å². The normalized spacial score (nSPS) is 18.0. The molecule has 3 aromatic rings. The van der Waals surface area contributed by atoms with Gasteiger partial charge in [0.1, 0.15) is 6.10 Å². The van der Waals surface area contributed by atoms with Gasteiger partial charge in [-0.05, 0) is 58.1 Å². The molecule has 1 heterocycles. The minimum absolute atomic E-state index is 0.107. The maximum atomic E-state index is 12.8. The molecule has 3 aromatic carbocycles. The number of ether oxygens (including phenoxy) is 1. The molecule has 0 aromatic heterocycles. The third-order valence-electron chi connectivity index (χ3n) is 7.78. The highest BCUT2D eigenvalue weighted by molar-refractivity contribution is 5.86. The highest BCUT2D eigenvalue weighted by Gasteiger charge is 2.34. The molecule has 4 rings (SSSR count). The topological polar surface area (TPSA) is 50.4 Å². The second kappa shape index (κ2) is 10.9. The molecule has 4 heteroatoms. The third-order valence-corrected chi connectivity index (χ3v) is 7.78. The molecule has 1 fully saturated rings. The van der Waals surface area contributed by atoms with E-state index in [0.29, 0.717) is 6.54 Å². The summed E-state index contributed by atoms with van der Waals surface area (Å²) in [5.41, 5.74) is 8.31. The van der Waals surface area contributed by atoms with Gasteiger partial charge < -0.3 is 10.1 Å². The van der Waals surface area contributed by atoms with E-state index in [9.17, 15) is 4.79 Å². The number of para-hydroxylation sites is 1. The number of nitrogens with one attached hydrogen (secondary N) is 2. The Kier molecular flexibility index (Phi) is 8.04. The highest BCUT2D eigenvalue weighted by atomic mass is 16.6. The van der Waals surface area contributed by atoms with E-state index in [0.717, 1.165) is 23.2 Å². The molecule has 0 aliphatic carbocycles. The Balaban J connectivity index is 1.54. The van der Waals surface area contributed by atoms with Crippen LogP contribution in [0.3, 0.4) is 0 Å². The van der Waals surface area contributed by atoms with Gasteiger partial charge in [-0.15, -0.1) is 0 Å². The Morgan fingerprint density at radius 1 is 0.816 bits per heavy atom. The Labute approximate surface area is 229 Å². The molecule has 1 unspecified atom stereocenters. The molecule has 0 bridgehead atoms. The van der Waals surface area contributed by atoms with Crippen LogP contribution < -0.4 is 10.6 Å². The van der Waals surface area contributed by atoms with Gasteiger partial charge in [0.15, 0.2) is 0 Å². The summed E-state index contributed by atoms with van der Waals surface area (Å²) < 4.78 is 5.89. The van der Waals surface area contributed by atoms with E-state index in [-0.39, 0.29) is 28.9 Å². The summed E-state index contributed by atoms with van der Waals surface area (Å²) in [5.74, 6) is 0.160. The Morgan fingerprint density at radius 3 is 1.74 bits per heavy atom. The van der Waals surface area contributed by atoms with Crippen molar-refractivity contribution in [2.45, 2.75) is 90.7 Å². The van der Waals surface area contributed by atoms with Gasteiger partial charge in [-0.3, -0.25) is 5.32 Å². The number of anilines is 1. The van der Waals surface area contributed by atoms with Crippen LogP contribution in [0.15, 0.2) is 66.7 Å². The van der Waals surface area contributed by atoms with Crippen molar-refractivity contribution in [2.24, 2.45) is 0 Å². The lowest BCUT2D eigenvalue weighted by Gasteiger charge is -2.27. The molecule has 1 aliphatic heterocycles. The van der Waals surface area contributed by atoms with Crippen molar-refractivity contribution in [3.63, 3.8) is 0 Å². The first kappa shape index (κ1) is 27.9. The lowest BCUT2D eigenvalue weighted by atomic mass is 9.80. The third kappa shape index (κ3) is 6.47. The SMILES string of the molecule is Cc1cccc(C)c1NC(=O)O[C@H]1CNC(C(c2ccc(C(C)(C)C)cc2)c2ccc(C(C)(C)C)cc2)C1. The quantitative estimate of drug-likeness (QED) is 0.364. The zero-order valence-corrected chi connectivity index (χ0v) is 24.3. The number of aryl methyl sites for hydroxylation is 2. The Hall–Kier alpha value is -3.11. The number of hydrogen-bond donors (Lipinski definition) is 2. The molecule has 1 saturated heterocycles. The van der Waals surface area contributed by atoms with Crippen LogP contribution in [-0.4, -0.2) is 24.8 Å². The van der Waals surface area contributed by atoms with Crippen molar-refractivity contribution in [2.75, 3.05) is 11.9 Å². The van der Waals surface area contributed by atoms with E-state index in [1.54, 1.807) is 0 Å². The Morgan fingerprint density at radius 2 is 1.29 bits per heavy atom. The van der Waals surface area contributed by atoms with Gasteiger partial charge in [0.2, 0.25) is 0 Å². The molecule has 1 amide bonds. The Bertz CT molecular complexity index is 1170. The van der Waals surface area contributed by atoms with Gasteiger partial charge in [-0.1, -0.05) is 108 Å². The van der Waals surface area contributed by atoms with E-state index in [4.69, 9.17) is 4.74 Å². The molecular weight excluding hydrogens is 468 g/mol. The van der Waals surface area contributed by atoms with Crippen LogP contribution in [0.5, 0.6) is 0 Å². The summed E-state index contributed by atoms with van der Waals surface area (Å²) in [6, 6.07) is 24.3. The zero-order chi connectivity index (χ0) is 27.7. The fraction of sp³-hybridized carbons (Fsp3) is 0.441. The van der Waals surface area contributed by atoms with E-state index >= 15 is 0 Å². The molecule has 0 saturated carbocycles. The number of carbonyl (C=O) groups excluding carboxylic acids is 1. The van der Waals surface area contributed by atoms with Gasteiger partial charge in [0.05, 0.1) is 0 Å². The summed E-state index contributed by atoms with van der Waals surface area (Å²) in [5, 5.41) is 6.64. The van der Waals surface area contributed by atoms with Crippen LogP contribution in [0.25, 0.3) is 0 Å². The van der Waals surface area contributed by atoms with Crippen molar-refractivity contribution in [1.29, 1.82) is 0 Å². The van der Waals surface area contributed by atoms with Crippen LogP contribution in [0.2, 0.25) is 0 Å². The van der Waals surface area contributed by atoms with Gasteiger partial charge in [-0.25, -0.2) is 4.79 Å². The van der Waals surface area contributed by atoms with Gasteiger partial charge in [0.25, 0.3) is 0 Å². The maximum Gasteiger partial charge on any atom is 0.411 e. The summed E-state index contributed by atoms with van der Waals surface area (Å²) in [7, 11) is 0. The molecule has 0 spiro atoms. The predicted molar refractivity (Wildman–Crippen MR) is 158 cm³/mol. The summed E-state index contributed by atoms with van der Waals surface area (Å²) in [6.07, 6.45) is 0.178. The fourth-order valence-corrected chi connectivity index (χ4v) is 5.41. The van der Waals surface area contributed by atoms with Crippen molar-refractivity contribution >= 4 is 11.8 Å². The number of carbonyl (C=O) groups is 1. The number of benzene rings is 3. The van der Waals surface area contributed by atoms with Crippen molar-refractivity contribution in [3.8, 4) is 0 Å². The molecule has 2 N–H and O–H groups in total. The monoisotopic (exact) mass is 512 g/mol. The van der Waals surface area contributed by atoms with E-state index in [2.05, 4.69) is 101 Å². The van der Waals surface area contributed by atoms with Crippen LogP contribution in [-0.2, 0) is 15.6 Å². The van der Waals surface area contributed by atoms with Crippen molar-refractivity contribution in [1.82, 2.24) is 5.32 Å². The second-order valence-corrected chi connectivity index (χ2v) is 12.9. The summed E-state index contributed by atoms with van der Waals surface area (Å²) >= 11 is 0. The first-order chi connectivity index (χ1) is 17.8. The number of hydrogen-bond acceptors (Lipinski definition) is 3. The predicted octanol–water partition coefficient (Wildman–Crippen LogP) is 8.01.